The van der Waals surface area contributed by atoms with Crippen molar-refractivity contribution in [3.8, 4) is 11.3 Å². The summed E-state index contributed by atoms with van der Waals surface area (Å²) in [6, 6.07) is 11.6. The summed E-state index contributed by atoms with van der Waals surface area (Å²) in [5, 5.41) is 4.07. The molecule has 24 heavy (non-hydrogen) atoms. The van der Waals surface area contributed by atoms with Crippen LogP contribution in [0.15, 0.2) is 48.8 Å². The Morgan fingerprint density at radius 3 is 2.71 bits per heavy atom. The molecule has 0 saturated heterocycles. The van der Waals surface area contributed by atoms with Gasteiger partial charge in [0.2, 0.25) is 0 Å². The van der Waals surface area contributed by atoms with E-state index in [4.69, 9.17) is 0 Å². The number of aromatic amines is 1. The summed E-state index contributed by atoms with van der Waals surface area (Å²) in [6.07, 6.45) is 8.35. The molecule has 124 valence electrons. The van der Waals surface area contributed by atoms with Crippen LogP contribution in [0.25, 0.3) is 22.2 Å². The Bertz CT molecular complexity index is 805. The monoisotopic (exact) mass is 321 g/mol. The predicted octanol–water partition coefficient (Wildman–Crippen LogP) is 4.54. The normalized spacial score (nSPS) is 10.9. The first-order chi connectivity index (χ1) is 11.8. The first-order valence-corrected chi connectivity index (χ1v) is 8.60. The Morgan fingerprint density at radius 2 is 1.92 bits per heavy atom. The molecule has 0 aliphatic carbocycles. The van der Waals surface area contributed by atoms with Crippen molar-refractivity contribution in [1.29, 1.82) is 0 Å². The highest BCUT2D eigenvalue weighted by molar-refractivity contribution is 5.96. The maximum atomic E-state index is 12.2. The summed E-state index contributed by atoms with van der Waals surface area (Å²) in [4.78, 5) is 19.8. The number of carbonyl (C=O) groups excluding carboxylic acids is 1. The molecule has 0 radical (unpaired) electrons. The molecule has 3 rings (SSSR count). The molecule has 0 aliphatic rings. The van der Waals surface area contributed by atoms with E-state index in [9.17, 15) is 4.79 Å². The molecule has 0 aliphatic heterocycles. The molecule has 0 saturated carbocycles. The Morgan fingerprint density at radius 1 is 1.08 bits per heavy atom. The zero-order valence-electron chi connectivity index (χ0n) is 14.0. The minimum atomic E-state index is -0.00846. The fraction of sp³-hybridized carbons (Fsp3) is 0.300. The Hall–Kier alpha value is -2.62. The van der Waals surface area contributed by atoms with E-state index >= 15 is 0 Å². The molecule has 0 atom stereocenters. The molecule has 4 nitrogen and oxygen atoms in total. The van der Waals surface area contributed by atoms with Gasteiger partial charge in [-0.15, -0.1) is 0 Å². The molecule has 0 spiro atoms. The highest BCUT2D eigenvalue weighted by Crippen LogP contribution is 2.25. The van der Waals surface area contributed by atoms with E-state index in [-0.39, 0.29) is 5.91 Å². The van der Waals surface area contributed by atoms with E-state index < -0.39 is 0 Å². The zero-order valence-corrected chi connectivity index (χ0v) is 14.0. The van der Waals surface area contributed by atoms with Gasteiger partial charge in [0.05, 0.1) is 5.69 Å². The topological polar surface area (TPSA) is 57.8 Å². The molecule has 0 fully saturated rings. The molecule has 1 aromatic carbocycles. The van der Waals surface area contributed by atoms with Crippen LogP contribution in [0.5, 0.6) is 0 Å². The number of nitrogens with zero attached hydrogens (tertiary/aromatic N) is 1. The molecule has 3 aromatic rings. The molecular formula is C20H23N3O. The first kappa shape index (κ1) is 16.2. The third-order valence-electron chi connectivity index (χ3n) is 4.22. The summed E-state index contributed by atoms with van der Waals surface area (Å²) < 4.78 is 0. The molecule has 2 aromatic heterocycles. The number of rotatable bonds is 7. The van der Waals surface area contributed by atoms with Crippen LogP contribution < -0.4 is 5.32 Å². The van der Waals surface area contributed by atoms with Crippen molar-refractivity contribution >= 4 is 16.8 Å². The van der Waals surface area contributed by atoms with E-state index in [0.29, 0.717) is 5.56 Å². The number of benzene rings is 1. The highest BCUT2D eigenvalue weighted by atomic mass is 16.1. The van der Waals surface area contributed by atoms with Crippen molar-refractivity contribution in [1.82, 2.24) is 15.3 Å². The average molecular weight is 321 g/mol. The van der Waals surface area contributed by atoms with Crippen LogP contribution in [0.4, 0.5) is 0 Å². The third-order valence-corrected chi connectivity index (χ3v) is 4.22. The van der Waals surface area contributed by atoms with Crippen LogP contribution in [-0.4, -0.2) is 22.4 Å². The predicted molar refractivity (Wildman–Crippen MR) is 98.0 cm³/mol. The van der Waals surface area contributed by atoms with Gasteiger partial charge in [0.1, 0.15) is 0 Å². The van der Waals surface area contributed by atoms with E-state index in [1.807, 2.05) is 42.6 Å². The lowest BCUT2D eigenvalue weighted by Crippen LogP contribution is -2.24. The van der Waals surface area contributed by atoms with Gasteiger partial charge in [0.25, 0.3) is 5.91 Å². The van der Waals surface area contributed by atoms with Crippen molar-refractivity contribution < 1.29 is 4.79 Å². The molecule has 4 heteroatoms. The van der Waals surface area contributed by atoms with E-state index in [0.717, 1.165) is 35.1 Å². The summed E-state index contributed by atoms with van der Waals surface area (Å²) >= 11 is 0. The van der Waals surface area contributed by atoms with Crippen molar-refractivity contribution in [2.45, 2.75) is 32.6 Å². The van der Waals surface area contributed by atoms with Gasteiger partial charge in [-0.1, -0.05) is 38.3 Å². The maximum absolute atomic E-state index is 12.2. The van der Waals surface area contributed by atoms with E-state index in [1.165, 1.54) is 19.3 Å². The number of amides is 1. The Kier molecular flexibility index (Phi) is 5.26. The number of fused-ring (bicyclic) bond motifs is 1. The van der Waals surface area contributed by atoms with Gasteiger partial charge in [-0.2, -0.15) is 0 Å². The number of unbranched alkanes of at least 4 members (excludes halogenated alkanes) is 3. The van der Waals surface area contributed by atoms with Crippen LogP contribution in [-0.2, 0) is 0 Å². The van der Waals surface area contributed by atoms with Gasteiger partial charge in [-0.3, -0.25) is 9.78 Å². The van der Waals surface area contributed by atoms with Gasteiger partial charge in [0.15, 0.2) is 0 Å². The Labute approximate surface area is 142 Å². The third kappa shape index (κ3) is 3.65. The highest BCUT2D eigenvalue weighted by Gasteiger charge is 2.08. The Balaban J connectivity index is 1.67. The van der Waals surface area contributed by atoms with Crippen LogP contribution >= 0.6 is 0 Å². The fourth-order valence-electron chi connectivity index (χ4n) is 2.85. The zero-order chi connectivity index (χ0) is 16.8. The van der Waals surface area contributed by atoms with Gasteiger partial charge in [-0.05, 0) is 30.7 Å². The molecule has 0 bridgehead atoms. The SMILES string of the molecule is CCCCCCNC(=O)c1ccc(-c2nccc3[nH]ccc23)cc1. The second-order valence-corrected chi connectivity index (χ2v) is 5.99. The van der Waals surface area contributed by atoms with Crippen molar-refractivity contribution in [2.75, 3.05) is 6.54 Å². The van der Waals surface area contributed by atoms with Crippen molar-refractivity contribution in [3.05, 3.63) is 54.4 Å². The first-order valence-electron chi connectivity index (χ1n) is 8.60. The maximum Gasteiger partial charge on any atom is 0.251 e. The van der Waals surface area contributed by atoms with Crippen LogP contribution in [0.3, 0.4) is 0 Å². The molecule has 0 unspecified atom stereocenters. The smallest absolute Gasteiger partial charge is 0.251 e. The number of hydrogen-bond acceptors (Lipinski definition) is 2. The van der Waals surface area contributed by atoms with Crippen LogP contribution in [0, 0.1) is 0 Å². The standard InChI is InChI=1S/C20H23N3O/c1-2-3-4-5-12-23-20(24)16-8-6-15(7-9-16)19-17-10-13-21-18(17)11-14-22-19/h6-11,13-14,21H,2-5,12H2,1H3,(H,23,24). The van der Waals surface area contributed by atoms with Gasteiger partial charge >= 0.3 is 0 Å². The number of H-pyrrole nitrogens is 1. The van der Waals surface area contributed by atoms with Crippen molar-refractivity contribution in [2.24, 2.45) is 0 Å². The number of aromatic nitrogens is 2. The summed E-state index contributed by atoms with van der Waals surface area (Å²) in [5.74, 6) is -0.00846. The average Bonchev–Trinajstić information content (AvgIpc) is 3.10. The number of hydrogen-bond donors (Lipinski definition) is 2. The summed E-state index contributed by atoms with van der Waals surface area (Å²) in [7, 11) is 0. The number of carbonyl (C=O) groups is 1. The van der Waals surface area contributed by atoms with Gasteiger partial charge in [0, 0.05) is 41.0 Å². The lowest BCUT2D eigenvalue weighted by Gasteiger charge is -2.07. The molecule has 2 N–H and O–H groups in total. The van der Waals surface area contributed by atoms with Gasteiger partial charge < -0.3 is 10.3 Å². The second-order valence-electron chi connectivity index (χ2n) is 5.99. The van der Waals surface area contributed by atoms with Crippen LogP contribution in [0.1, 0.15) is 43.0 Å². The van der Waals surface area contributed by atoms with E-state index in [2.05, 4.69) is 22.2 Å². The summed E-state index contributed by atoms with van der Waals surface area (Å²) in [5.41, 5.74) is 3.70. The minimum absolute atomic E-state index is 0.00846. The second kappa shape index (κ2) is 7.77. The molecule has 1 amide bonds. The lowest BCUT2D eigenvalue weighted by molar-refractivity contribution is 0.0953. The van der Waals surface area contributed by atoms with Crippen molar-refractivity contribution in [3.63, 3.8) is 0 Å². The largest absolute Gasteiger partial charge is 0.361 e. The molecular weight excluding hydrogens is 298 g/mol. The number of nitrogens with one attached hydrogen (secondary N) is 2. The van der Waals surface area contributed by atoms with E-state index in [1.54, 1.807) is 6.20 Å². The summed E-state index contributed by atoms with van der Waals surface area (Å²) in [6.45, 7) is 2.92. The molecule has 2 heterocycles. The fourth-order valence-corrected chi connectivity index (χ4v) is 2.85. The lowest BCUT2D eigenvalue weighted by atomic mass is 10.1. The van der Waals surface area contributed by atoms with Gasteiger partial charge in [-0.25, -0.2) is 0 Å². The minimum Gasteiger partial charge on any atom is -0.361 e. The number of pyridine rings is 1. The van der Waals surface area contributed by atoms with Crippen LogP contribution in [0.2, 0.25) is 0 Å². The quantitative estimate of drug-likeness (QED) is 0.628.